The summed E-state index contributed by atoms with van der Waals surface area (Å²) in [5, 5.41) is 11.4. The number of furan rings is 1. The monoisotopic (exact) mass is 381 g/mol. The number of amides is 1. The summed E-state index contributed by atoms with van der Waals surface area (Å²) in [6.07, 6.45) is 0. The maximum absolute atomic E-state index is 12.2. The molecule has 0 radical (unpaired) electrons. The van der Waals surface area contributed by atoms with E-state index in [2.05, 4.69) is 21.2 Å². The van der Waals surface area contributed by atoms with Crippen molar-refractivity contribution in [1.82, 2.24) is 5.32 Å². The van der Waals surface area contributed by atoms with Crippen molar-refractivity contribution in [3.05, 3.63) is 51.9 Å². The minimum absolute atomic E-state index is 0.237. The van der Waals surface area contributed by atoms with E-state index in [-0.39, 0.29) is 17.7 Å². The number of benzene rings is 1. The molecule has 6 nitrogen and oxygen atoms in total. The van der Waals surface area contributed by atoms with Crippen LogP contribution < -0.4 is 10.1 Å². The van der Waals surface area contributed by atoms with E-state index in [9.17, 15) is 9.59 Å². The molecule has 1 aromatic carbocycles. The first-order valence-electron chi connectivity index (χ1n) is 6.88. The maximum atomic E-state index is 12.2. The molecule has 0 spiro atoms. The Bertz CT molecular complexity index is 708. The summed E-state index contributed by atoms with van der Waals surface area (Å²) in [7, 11) is 0. The fraction of sp³-hybridized carbons (Fsp3) is 0.250. The van der Waals surface area contributed by atoms with Gasteiger partial charge in [-0.1, -0.05) is 12.1 Å². The molecule has 2 N–H and O–H groups in total. The van der Waals surface area contributed by atoms with Gasteiger partial charge < -0.3 is 19.6 Å². The Morgan fingerprint density at radius 1 is 1.35 bits per heavy atom. The molecule has 1 aromatic heterocycles. The predicted octanol–water partition coefficient (Wildman–Crippen LogP) is 3.30. The normalized spacial score (nSPS) is 11.8. The van der Waals surface area contributed by atoms with Crippen molar-refractivity contribution < 1.29 is 23.8 Å². The van der Waals surface area contributed by atoms with E-state index in [0.717, 1.165) is 11.1 Å². The molecule has 0 bridgehead atoms. The van der Waals surface area contributed by atoms with Crippen molar-refractivity contribution in [2.75, 3.05) is 6.61 Å². The molecular weight excluding hydrogens is 366 g/mol. The zero-order valence-electron chi connectivity index (χ0n) is 12.6. The zero-order chi connectivity index (χ0) is 17.0. The summed E-state index contributed by atoms with van der Waals surface area (Å²) in [6, 6.07) is 8.36. The molecule has 2 aromatic rings. The number of carboxylic acids is 1. The van der Waals surface area contributed by atoms with E-state index in [0.29, 0.717) is 10.4 Å². The Kier molecular flexibility index (Phi) is 5.44. The van der Waals surface area contributed by atoms with Crippen LogP contribution in [0.3, 0.4) is 0 Å². The lowest BCUT2D eigenvalue weighted by molar-refractivity contribution is -0.139. The average molecular weight is 382 g/mol. The highest BCUT2D eigenvalue weighted by atomic mass is 79.9. The van der Waals surface area contributed by atoms with Crippen molar-refractivity contribution >= 4 is 27.8 Å². The molecule has 1 amide bonds. The lowest BCUT2D eigenvalue weighted by Gasteiger charge is -2.14. The van der Waals surface area contributed by atoms with Crippen LogP contribution in [0, 0.1) is 6.92 Å². The number of rotatable bonds is 6. The van der Waals surface area contributed by atoms with Crippen molar-refractivity contribution in [3.63, 3.8) is 0 Å². The highest BCUT2D eigenvalue weighted by Crippen LogP contribution is 2.22. The van der Waals surface area contributed by atoms with Gasteiger partial charge in [-0.25, -0.2) is 4.79 Å². The summed E-state index contributed by atoms with van der Waals surface area (Å²) >= 11 is 3.19. The third-order valence-corrected chi connectivity index (χ3v) is 3.57. The molecule has 0 aliphatic heterocycles. The second-order valence-corrected chi connectivity index (χ2v) is 5.79. The van der Waals surface area contributed by atoms with E-state index in [1.165, 1.54) is 0 Å². The highest BCUT2D eigenvalue weighted by molar-refractivity contribution is 9.10. The van der Waals surface area contributed by atoms with E-state index in [1.807, 2.05) is 6.92 Å². The molecule has 0 fully saturated rings. The Hall–Kier alpha value is -2.28. The Morgan fingerprint density at radius 3 is 2.52 bits per heavy atom. The number of nitrogens with one attached hydrogen (secondary N) is 1. The van der Waals surface area contributed by atoms with Crippen molar-refractivity contribution in [2.45, 2.75) is 19.9 Å². The molecular formula is C16H16BrNO5. The topological polar surface area (TPSA) is 88.8 Å². The zero-order valence-corrected chi connectivity index (χ0v) is 14.2. The van der Waals surface area contributed by atoms with E-state index < -0.39 is 12.6 Å². The number of carbonyl (C=O) groups is 2. The van der Waals surface area contributed by atoms with Crippen LogP contribution >= 0.6 is 15.9 Å². The van der Waals surface area contributed by atoms with Gasteiger partial charge in [0.2, 0.25) is 0 Å². The van der Waals surface area contributed by atoms with E-state index in [4.69, 9.17) is 14.3 Å². The quantitative estimate of drug-likeness (QED) is 0.800. The number of hydrogen-bond donors (Lipinski definition) is 2. The average Bonchev–Trinajstić information content (AvgIpc) is 2.84. The van der Waals surface area contributed by atoms with Gasteiger partial charge in [-0.3, -0.25) is 4.79 Å². The smallest absolute Gasteiger partial charge is 0.341 e. The van der Waals surface area contributed by atoms with Crippen molar-refractivity contribution in [2.24, 2.45) is 0 Å². The van der Waals surface area contributed by atoms with Gasteiger partial charge in [-0.2, -0.15) is 0 Å². The van der Waals surface area contributed by atoms with Crippen LogP contribution in [0.2, 0.25) is 0 Å². The van der Waals surface area contributed by atoms with Crippen molar-refractivity contribution in [1.29, 1.82) is 0 Å². The van der Waals surface area contributed by atoms with Gasteiger partial charge in [0, 0.05) is 5.56 Å². The number of aryl methyl sites for hydroxylation is 1. The summed E-state index contributed by atoms with van der Waals surface area (Å²) in [6.45, 7) is 3.25. The van der Waals surface area contributed by atoms with Gasteiger partial charge in [0.05, 0.1) is 6.04 Å². The minimum atomic E-state index is -1.03. The Labute approximate surface area is 141 Å². The molecule has 23 heavy (non-hydrogen) atoms. The third kappa shape index (κ3) is 4.59. The SMILES string of the molecule is Cc1cc(Br)oc1C(=O)NC(C)c1ccc(OCC(=O)O)cc1. The fourth-order valence-corrected chi connectivity index (χ4v) is 2.52. The van der Waals surface area contributed by atoms with Crippen LogP contribution in [0.5, 0.6) is 5.75 Å². The molecule has 0 aliphatic carbocycles. The maximum Gasteiger partial charge on any atom is 0.341 e. The molecule has 0 aliphatic rings. The largest absolute Gasteiger partial charge is 0.482 e. The van der Waals surface area contributed by atoms with Crippen LogP contribution in [-0.2, 0) is 4.79 Å². The van der Waals surface area contributed by atoms with E-state index in [1.54, 1.807) is 37.3 Å². The fourth-order valence-electron chi connectivity index (χ4n) is 2.01. The van der Waals surface area contributed by atoms with Gasteiger partial charge in [-0.15, -0.1) is 0 Å². The molecule has 0 saturated heterocycles. The number of carboxylic acid groups (broad SMARTS) is 1. The molecule has 2 rings (SSSR count). The lowest BCUT2D eigenvalue weighted by atomic mass is 10.1. The first-order chi connectivity index (χ1) is 10.9. The Morgan fingerprint density at radius 2 is 2.00 bits per heavy atom. The lowest BCUT2D eigenvalue weighted by Crippen LogP contribution is -2.26. The van der Waals surface area contributed by atoms with Crippen LogP contribution in [0.1, 0.15) is 34.6 Å². The van der Waals surface area contributed by atoms with Gasteiger partial charge in [0.1, 0.15) is 5.75 Å². The predicted molar refractivity (Wildman–Crippen MR) is 86.6 cm³/mol. The van der Waals surface area contributed by atoms with E-state index >= 15 is 0 Å². The summed E-state index contributed by atoms with van der Waals surface area (Å²) in [4.78, 5) is 22.6. The number of aliphatic carboxylic acids is 1. The summed E-state index contributed by atoms with van der Waals surface area (Å²) < 4.78 is 10.9. The molecule has 7 heteroatoms. The molecule has 1 unspecified atom stereocenters. The molecule has 122 valence electrons. The van der Waals surface area contributed by atoms with Crippen LogP contribution in [0.25, 0.3) is 0 Å². The van der Waals surface area contributed by atoms with Gasteiger partial charge in [0.25, 0.3) is 5.91 Å². The van der Waals surface area contributed by atoms with Crippen LogP contribution in [-0.4, -0.2) is 23.6 Å². The van der Waals surface area contributed by atoms with Gasteiger partial charge in [0.15, 0.2) is 17.0 Å². The summed E-state index contributed by atoms with van der Waals surface area (Å²) in [5.41, 5.74) is 1.61. The molecule has 1 heterocycles. The first-order valence-corrected chi connectivity index (χ1v) is 7.67. The van der Waals surface area contributed by atoms with Gasteiger partial charge in [-0.05, 0) is 53.5 Å². The Balaban J connectivity index is 2.00. The van der Waals surface area contributed by atoms with Gasteiger partial charge >= 0.3 is 5.97 Å². The number of hydrogen-bond acceptors (Lipinski definition) is 4. The number of carbonyl (C=O) groups excluding carboxylic acids is 1. The second-order valence-electron chi connectivity index (χ2n) is 5.01. The third-order valence-electron chi connectivity index (χ3n) is 3.18. The molecule has 0 saturated carbocycles. The van der Waals surface area contributed by atoms with Crippen LogP contribution in [0.15, 0.2) is 39.4 Å². The number of halogens is 1. The number of ether oxygens (including phenoxy) is 1. The summed E-state index contributed by atoms with van der Waals surface area (Å²) in [5.74, 6) is -0.604. The second kappa shape index (κ2) is 7.32. The van der Waals surface area contributed by atoms with Crippen LogP contribution in [0.4, 0.5) is 0 Å². The minimum Gasteiger partial charge on any atom is -0.482 e. The highest BCUT2D eigenvalue weighted by Gasteiger charge is 2.17. The van der Waals surface area contributed by atoms with Crippen molar-refractivity contribution in [3.8, 4) is 5.75 Å². The molecule has 1 atom stereocenters. The standard InChI is InChI=1S/C16H16BrNO5/c1-9-7-13(17)23-15(9)16(21)18-10(2)11-3-5-12(6-4-11)22-8-14(19)20/h3-7,10H,8H2,1-2H3,(H,18,21)(H,19,20). The first kappa shape index (κ1) is 17.1.